The second kappa shape index (κ2) is 8.14. The van der Waals surface area contributed by atoms with E-state index in [-0.39, 0.29) is 17.9 Å². The number of fused-ring (bicyclic) bond motifs is 1. The Bertz CT molecular complexity index is 1190. The molecule has 0 bridgehead atoms. The number of aryl methyl sites for hydroxylation is 1. The number of rotatable bonds is 6. The molecule has 0 aliphatic carbocycles. The van der Waals surface area contributed by atoms with Gasteiger partial charge in [-0.3, -0.25) is 9.59 Å². The summed E-state index contributed by atoms with van der Waals surface area (Å²) >= 11 is 0. The molecular formula is C23H20N2O4. The van der Waals surface area contributed by atoms with Crippen molar-refractivity contribution in [1.82, 2.24) is 9.97 Å². The summed E-state index contributed by atoms with van der Waals surface area (Å²) in [4.78, 5) is 31.5. The lowest BCUT2D eigenvalue weighted by molar-refractivity contribution is -0.149. The van der Waals surface area contributed by atoms with Crippen LogP contribution in [0.3, 0.4) is 0 Å². The minimum atomic E-state index is -0.656. The van der Waals surface area contributed by atoms with E-state index in [1.54, 1.807) is 25.1 Å². The summed E-state index contributed by atoms with van der Waals surface area (Å²) in [7, 11) is 0. The van der Waals surface area contributed by atoms with E-state index in [4.69, 9.17) is 9.15 Å². The molecule has 0 radical (unpaired) electrons. The Kier molecular flexibility index (Phi) is 5.24. The van der Waals surface area contributed by atoms with Crippen molar-refractivity contribution in [3.05, 3.63) is 88.7 Å². The summed E-state index contributed by atoms with van der Waals surface area (Å²) < 4.78 is 11.2. The van der Waals surface area contributed by atoms with E-state index in [0.717, 1.165) is 11.3 Å². The minimum Gasteiger partial charge on any atom is -0.461 e. The SMILES string of the molecule is C[C@H](OC(=O)CCc1ccc(-c2ccccc2)o1)c1nc2ccccc2c(=O)[nH]1. The molecule has 0 saturated heterocycles. The number of hydrogen-bond donors (Lipinski definition) is 1. The minimum absolute atomic E-state index is 0.171. The predicted molar refractivity (Wildman–Crippen MR) is 109 cm³/mol. The number of aromatic amines is 1. The number of para-hydroxylation sites is 1. The number of furan rings is 1. The van der Waals surface area contributed by atoms with Crippen LogP contribution in [0.1, 0.15) is 31.0 Å². The summed E-state index contributed by atoms with van der Waals surface area (Å²) in [5.74, 6) is 1.42. The maximum atomic E-state index is 12.2. The number of carbonyl (C=O) groups is 1. The van der Waals surface area contributed by atoms with Crippen LogP contribution in [0.2, 0.25) is 0 Å². The number of esters is 1. The van der Waals surface area contributed by atoms with Gasteiger partial charge in [-0.15, -0.1) is 0 Å². The van der Waals surface area contributed by atoms with Crippen molar-refractivity contribution < 1.29 is 13.9 Å². The highest BCUT2D eigenvalue weighted by atomic mass is 16.5. The molecule has 146 valence electrons. The van der Waals surface area contributed by atoms with Gasteiger partial charge < -0.3 is 14.1 Å². The summed E-state index contributed by atoms with van der Waals surface area (Å²) in [6.07, 6.45) is -0.0551. The second-order valence-electron chi connectivity index (χ2n) is 6.73. The zero-order valence-corrected chi connectivity index (χ0v) is 15.9. The molecule has 6 heteroatoms. The summed E-state index contributed by atoms with van der Waals surface area (Å²) in [6.45, 7) is 1.69. The average Bonchev–Trinajstić information content (AvgIpc) is 3.22. The number of carbonyl (C=O) groups excluding carboxylic acids is 1. The van der Waals surface area contributed by atoms with Crippen LogP contribution < -0.4 is 5.56 Å². The fourth-order valence-corrected chi connectivity index (χ4v) is 3.10. The van der Waals surface area contributed by atoms with E-state index >= 15 is 0 Å². The molecule has 4 rings (SSSR count). The molecule has 29 heavy (non-hydrogen) atoms. The number of benzene rings is 2. The largest absolute Gasteiger partial charge is 0.461 e. The van der Waals surface area contributed by atoms with E-state index in [2.05, 4.69) is 9.97 Å². The van der Waals surface area contributed by atoms with E-state index in [1.807, 2.05) is 48.5 Å². The number of ether oxygens (including phenoxy) is 1. The lowest BCUT2D eigenvalue weighted by Crippen LogP contribution is -2.17. The predicted octanol–water partition coefficient (Wildman–Crippen LogP) is 4.42. The first kappa shape index (κ1) is 18.7. The fraction of sp³-hybridized carbons (Fsp3) is 0.174. The number of nitrogens with one attached hydrogen (secondary N) is 1. The van der Waals surface area contributed by atoms with Crippen LogP contribution in [0.4, 0.5) is 0 Å². The van der Waals surface area contributed by atoms with Crippen molar-refractivity contribution in [1.29, 1.82) is 0 Å². The second-order valence-corrected chi connectivity index (χ2v) is 6.73. The van der Waals surface area contributed by atoms with Crippen LogP contribution >= 0.6 is 0 Å². The first-order valence-corrected chi connectivity index (χ1v) is 9.43. The van der Waals surface area contributed by atoms with Crippen molar-refractivity contribution >= 4 is 16.9 Å². The molecule has 2 aromatic carbocycles. The third-order valence-corrected chi connectivity index (χ3v) is 4.62. The van der Waals surface area contributed by atoms with Gasteiger partial charge in [-0.2, -0.15) is 0 Å². The maximum Gasteiger partial charge on any atom is 0.306 e. The van der Waals surface area contributed by atoms with E-state index < -0.39 is 6.10 Å². The zero-order chi connectivity index (χ0) is 20.2. The number of H-pyrrole nitrogens is 1. The first-order valence-electron chi connectivity index (χ1n) is 9.43. The summed E-state index contributed by atoms with van der Waals surface area (Å²) in [6, 6.07) is 20.6. The number of nitrogens with zero attached hydrogens (tertiary/aromatic N) is 1. The monoisotopic (exact) mass is 388 g/mol. The molecule has 1 N–H and O–H groups in total. The Morgan fingerprint density at radius 1 is 1.07 bits per heavy atom. The molecule has 2 aromatic heterocycles. The highest BCUT2D eigenvalue weighted by Crippen LogP contribution is 2.23. The van der Waals surface area contributed by atoms with Gasteiger partial charge in [-0.05, 0) is 31.2 Å². The molecule has 0 aliphatic rings. The van der Waals surface area contributed by atoms with Gasteiger partial charge in [0.05, 0.1) is 17.3 Å². The van der Waals surface area contributed by atoms with Gasteiger partial charge in [-0.25, -0.2) is 4.98 Å². The first-order chi connectivity index (χ1) is 14.1. The molecule has 4 aromatic rings. The van der Waals surface area contributed by atoms with Gasteiger partial charge in [-0.1, -0.05) is 42.5 Å². The Morgan fingerprint density at radius 2 is 1.83 bits per heavy atom. The molecule has 0 saturated carbocycles. The standard InChI is InChI=1S/C23H20N2O4/c1-15(22-24-19-10-6-5-9-18(19)23(27)25-22)28-21(26)14-12-17-11-13-20(29-17)16-7-3-2-4-8-16/h2-11,13,15H,12,14H2,1H3,(H,24,25,27)/t15-/m0/s1. The molecular weight excluding hydrogens is 368 g/mol. The lowest BCUT2D eigenvalue weighted by atomic mass is 10.2. The Balaban J connectivity index is 1.38. The van der Waals surface area contributed by atoms with Crippen LogP contribution in [0.25, 0.3) is 22.2 Å². The van der Waals surface area contributed by atoms with Crippen molar-refractivity contribution in [2.24, 2.45) is 0 Å². The van der Waals surface area contributed by atoms with Crippen molar-refractivity contribution in [3.63, 3.8) is 0 Å². The van der Waals surface area contributed by atoms with E-state index in [0.29, 0.717) is 28.9 Å². The molecule has 1 atom stereocenters. The molecule has 0 amide bonds. The Morgan fingerprint density at radius 3 is 2.66 bits per heavy atom. The zero-order valence-electron chi connectivity index (χ0n) is 15.9. The normalized spacial score (nSPS) is 12.0. The summed E-state index contributed by atoms with van der Waals surface area (Å²) in [5.41, 5.74) is 1.30. The highest BCUT2D eigenvalue weighted by Gasteiger charge is 2.16. The quantitative estimate of drug-likeness (QED) is 0.494. The fourth-order valence-electron chi connectivity index (χ4n) is 3.10. The van der Waals surface area contributed by atoms with Crippen LogP contribution in [0, 0.1) is 0 Å². The average molecular weight is 388 g/mol. The maximum absolute atomic E-state index is 12.2. The third-order valence-electron chi connectivity index (χ3n) is 4.62. The highest BCUT2D eigenvalue weighted by molar-refractivity contribution is 5.77. The number of aromatic nitrogens is 2. The van der Waals surface area contributed by atoms with Crippen molar-refractivity contribution in [3.8, 4) is 11.3 Å². The Hall–Kier alpha value is -3.67. The van der Waals surface area contributed by atoms with Gasteiger partial charge in [0, 0.05) is 12.0 Å². The van der Waals surface area contributed by atoms with E-state index in [9.17, 15) is 9.59 Å². The van der Waals surface area contributed by atoms with Gasteiger partial charge in [0.15, 0.2) is 11.9 Å². The van der Waals surface area contributed by atoms with Gasteiger partial charge in [0.25, 0.3) is 5.56 Å². The molecule has 0 unspecified atom stereocenters. The van der Waals surface area contributed by atoms with Gasteiger partial charge >= 0.3 is 5.97 Å². The van der Waals surface area contributed by atoms with Crippen LogP contribution in [-0.4, -0.2) is 15.9 Å². The van der Waals surface area contributed by atoms with Gasteiger partial charge in [0.2, 0.25) is 0 Å². The van der Waals surface area contributed by atoms with Gasteiger partial charge in [0.1, 0.15) is 11.5 Å². The van der Waals surface area contributed by atoms with Crippen molar-refractivity contribution in [2.75, 3.05) is 0 Å². The lowest BCUT2D eigenvalue weighted by Gasteiger charge is -2.12. The van der Waals surface area contributed by atoms with Crippen LogP contribution in [0.5, 0.6) is 0 Å². The summed E-state index contributed by atoms with van der Waals surface area (Å²) in [5, 5.41) is 0.502. The molecule has 0 aliphatic heterocycles. The Labute approximate surface area is 167 Å². The molecule has 0 spiro atoms. The van der Waals surface area contributed by atoms with Crippen LogP contribution in [-0.2, 0) is 16.0 Å². The molecule has 0 fully saturated rings. The molecule has 2 heterocycles. The molecule has 6 nitrogen and oxygen atoms in total. The topological polar surface area (TPSA) is 85.2 Å². The third kappa shape index (κ3) is 4.27. The number of hydrogen-bond acceptors (Lipinski definition) is 5. The van der Waals surface area contributed by atoms with Crippen molar-refractivity contribution in [2.45, 2.75) is 25.9 Å². The van der Waals surface area contributed by atoms with Crippen LogP contribution in [0.15, 0.2) is 75.9 Å². The smallest absolute Gasteiger partial charge is 0.306 e. The van der Waals surface area contributed by atoms with E-state index in [1.165, 1.54) is 0 Å².